The van der Waals surface area contributed by atoms with Crippen LogP contribution in [0.15, 0.2) is 52.4 Å². The summed E-state index contributed by atoms with van der Waals surface area (Å²) in [5, 5.41) is 4.06. The molecule has 0 aliphatic heterocycles. The molecule has 176 valence electrons. The summed E-state index contributed by atoms with van der Waals surface area (Å²) in [5.41, 5.74) is 6.18. The van der Waals surface area contributed by atoms with Crippen LogP contribution in [0, 0.1) is 5.82 Å². The fourth-order valence-corrected chi connectivity index (χ4v) is 5.17. The van der Waals surface area contributed by atoms with E-state index in [2.05, 4.69) is 15.3 Å². The largest absolute Gasteiger partial charge is 0.370 e. The number of carbonyl (C=O) groups excluding carboxylic acids is 2. The molecule has 0 atom stereocenters. The van der Waals surface area contributed by atoms with Crippen molar-refractivity contribution in [3.05, 3.63) is 58.6 Å². The molecule has 0 radical (unpaired) electrons. The van der Waals surface area contributed by atoms with Crippen molar-refractivity contribution in [2.75, 3.05) is 11.1 Å². The first kappa shape index (κ1) is 23.8. The second-order valence-electron chi connectivity index (χ2n) is 7.61. The Balaban J connectivity index is 1.47. The van der Waals surface area contributed by atoms with Crippen molar-refractivity contribution < 1.29 is 14.0 Å². The number of para-hydroxylation sites is 1. The Labute approximate surface area is 202 Å². The highest BCUT2D eigenvalue weighted by atomic mass is 32.2. The van der Waals surface area contributed by atoms with Crippen LogP contribution in [0.1, 0.15) is 25.7 Å². The number of halogens is 1. The minimum absolute atomic E-state index is 0.0245. The summed E-state index contributed by atoms with van der Waals surface area (Å²) in [5.74, 6) is -0.985. The van der Waals surface area contributed by atoms with E-state index >= 15 is 0 Å². The van der Waals surface area contributed by atoms with Crippen LogP contribution in [0.25, 0.3) is 21.1 Å². The molecule has 0 saturated heterocycles. The van der Waals surface area contributed by atoms with Crippen LogP contribution in [0.4, 0.5) is 9.52 Å². The summed E-state index contributed by atoms with van der Waals surface area (Å²) >= 11 is 2.35. The van der Waals surface area contributed by atoms with Gasteiger partial charge in [-0.15, -0.1) is 0 Å². The molecule has 0 fully saturated rings. The SMILES string of the molecule is NC(=O)CCCCCn1c(SCC(=O)Nc2nc3ccc(F)cc3s2)nc2ccccc2c1=O. The lowest BCUT2D eigenvalue weighted by Crippen LogP contribution is -2.24. The number of hydrogen-bond donors (Lipinski definition) is 2. The number of aromatic nitrogens is 3. The summed E-state index contributed by atoms with van der Waals surface area (Å²) in [7, 11) is 0. The van der Waals surface area contributed by atoms with Gasteiger partial charge in [0.15, 0.2) is 10.3 Å². The number of amides is 2. The number of hydrogen-bond acceptors (Lipinski definition) is 7. The Morgan fingerprint density at radius 1 is 1.09 bits per heavy atom. The second kappa shape index (κ2) is 10.7. The average molecular weight is 500 g/mol. The van der Waals surface area contributed by atoms with E-state index < -0.39 is 0 Å². The van der Waals surface area contributed by atoms with E-state index in [-0.39, 0.29) is 28.9 Å². The first-order valence-corrected chi connectivity index (χ1v) is 12.5. The molecule has 8 nitrogen and oxygen atoms in total. The number of benzene rings is 2. The third-order valence-electron chi connectivity index (χ3n) is 5.06. The van der Waals surface area contributed by atoms with Crippen LogP contribution in [-0.2, 0) is 16.1 Å². The summed E-state index contributed by atoms with van der Waals surface area (Å²) in [6.07, 6.45) is 2.38. The van der Waals surface area contributed by atoms with Gasteiger partial charge >= 0.3 is 0 Å². The Morgan fingerprint density at radius 2 is 1.91 bits per heavy atom. The lowest BCUT2D eigenvalue weighted by molar-refractivity contribution is -0.118. The Bertz CT molecular complexity index is 1420. The van der Waals surface area contributed by atoms with Gasteiger partial charge in [-0.05, 0) is 43.2 Å². The van der Waals surface area contributed by atoms with Crippen LogP contribution in [0.3, 0.4) is 0 Å². The van der Waals surface area contributed by atoms with Gasteiger partial charge in [0.25, 0.3) is 5.56 Å². The Morgan fingerprint density at radius 3 is 2.74 bits per heavy atom. The molecular weight excluding hydrogens is 477 g/mol. The second-order valence-corrected chi connectivity index (χ2v) is 9.59. The minimum atomic E-state index is -0.362. The van der Waals surface area contributed by atoms with E-state index in [0.717, 1.165) is 18.2 Å². The first-order chi connectivity index (χ1) is 16.4. The van der Waals surface area contributed by atoms with E-state index in [1.54, 1.807) is 34.9 Å². The molecule has 2 aromatic carbocycles. The quantitative estimate of drug-likeness (QED) is 0.194. The fourth-order valence-electron chi connectivity index (χ4n) is 3.44. The standard InChI is InChI=1S/C23H22FN5O3S2/c24-14-9-10-17-18(12-14)34-22(26-17)28-20(31)13-33-23-27-16-7-4-3-6-15(16)21(32)29(23)11-5-1-2-8-19(25)30/h3-4,6-7,9-10,12H,1-2,5,8,11,13H2,(H2,25,30)(H,26,28,31). The van der Waals surface area contributed by atoms with Gasteiger partial charge in [0, 0.05) is 13.0 Å². The molecule has 2 amide bonds. The van der Waals surface area contributed by atoms with Crippen molar-refractivity contribution >= 4 is 61.2 Å². The molecule has 0 unspecified atom stereocenters. The fraction of sp³-hybridized carbons (Fsp3) is 0.261. The van der Waals surface area contributed by atoms with Gasteiger partial charge in [-0.1, -0.05) is 41.7 Å². The molecule has 4 rings (SSSR count). The molecule has 11 heteroatoms. The molecule has 2 heterocycles. The predicted molar refractivity (Wildman–Crippen MR) is 133 cm³/mol. The van der Waals surface area contributed by atoms with Gasteiger partial charge in [0.2, 0.25) is 11.8 Å². The van der Waals surface area contributed by atoms with E-state index in [1.807, 2.05) is 0 Å². The molecule has 34 heavy (non-hydrogen) atoms. The van der Waals surface area contributed by atoms with Crippen molar-refractivity contribution in [3.63, 3.8) is 0 Å². The Kier molecular flexibility index (Phi) is 7.53. The van der Waals surface area contributed by atoms with Crippen molar-refractivity contribution in [1.29, 1.82) is 0 Å². The number of nitrogens with zero attached hydrogens (tertiary/aromatic N) is 3. The number of fused-ring (bicyclic) bond motifs is 2. The molecule has 0 bridgehead atoms. The van der Waals surface area contributed by atoms with Crippen molar-refractivity contribution in [2.45, 2.75) is 37.4 Å². The lowest BCUT2D eigenvalue weighted by Gasteiger charge is -2.13. The van der Waals surface area contributed by atoms with Crippen LogP contribution in [-0.4, -0.2) is 32.1 Å². The number of nitrogens with two attached hydrogens (primary N) is 1. The molecule has 0 saturated carbocycles. The lowest BCUT2D eigenvalue weighted by atomic mass is 10.2. The number of anilines is 1. The zero-order valence-corrected chi connectivity index (χ0v) is 19.8. The van der Waals surface area contributed by atoms with Crippen molar-refractivity contribution in [1.82, 2.24) is 14.5 Å². The molecular formula is C23H22FN5O3S2. The van der Waals surface area contributed by atoms with Crippen LogP contribution in [0.2, 0.25) is 0 Å². The monoisotopic (exact) mass is 499 g/mol. The van der Waals surface area contributed by atoms with E-state index in [0.29, 0.717) is 57.2 Å². The minimum Gasteiger partial charge on any atom is -0.370 e. The summed E-state index contributed by atoms with van der Waals surface area (Å²) in [6, 6.07) is 11.3. The number of rotatable bonds is 10. The maximum atomic E-state index is 13.4. The smallest absolute Gasteiger partial charge is 0.262 e. The van der Waals surface area contributed by atoms with Gasteiger partial charge in [-0.3, -0.25) is 19.0 Å². The maximum absolute atomic E-state index is 13.4. The molecule has 0 aliphatic carbocycles. The van der Waals surface area contributed by atoms with Gasteiger partial charge in [-0.2, -0.15) is 0 Å². The molecule has 2 aromatic heterocycles. The number of carbonyl (C=O) groups is 2. The highest BCUT2D eigenvalue weighted by Crippen LogP contribution is 2.27. The molecule has 0 aliphatic rings. The first-order valence-electron chi connectivity index (χ1n) is 10.7. The maximum Gasteiger partial charge on any atom is 0.262 e. The summed E-state index contributed by atoms with van der Waals surface area (Å²) < 4.78 is 15.6. The average Bonchev–Trinajstić information content (AvgIpc) is 3.20. The third-order valence-corrected chi connectivity index (χ3v) is 6.97. The van der Waals surface area contributed by atoms with Gasteiger partial charge in [0.1, 0.15) is 5.82 Å². The van der Waals surface area contributed by atoms with Gasteiger partial charge in [0.05, 0.1) is 26.9 Å². The molecule has 3 N–H and O–H groups in total. The normalized spacial score (nSPS) is 11.2. The van der Waals surface area contributed by atoms with E-state index in [9.17, 15) is 18.8 Å². The van der Waals surface area contributed by atoms with Crippen LogP contribution < -0.4 is 16.6 Å². The number of nitrogens with one attached hydrogen (secondary N) is 1. The highest BCUT2D eigenvalue weighted by Gasteiger charge is 2.14. The zero-order chi connectivity index (χ0) is 24.1. The molecule has 0 spiro atoms. The number of primary amides is 1. The number of thioether (sulfide) groups is 1. The van der Waals surface area contributed by atoms with E-state index in [4.69, 9.17) is 5.73 Å². The predicted octanol–water partition coefficient (Wildman–Crippen LogP) is 3.92. The molecule has 4 aromatic rings. The van der Waals surface area contributed by atoms with Crippen LogP contribution >= 0.6 is 23.1 Å². The van der Waals surface area contributed by atoms with Gasteiger partial charge in [-0.25, -0.2) is 14.4 Å². The van der Waals surface area contributed by atoms with Crippen LogP contribution in [0.5, 0.6) is 0 Å². The highest BCUT2D eigenvalue weighted by molar-refractivity contribution is 7.99. The third kappa shape index (κ3) is 5.78. The van der Waals surface area contributed by atoms with E-state index in [1.165, 1.54) is 23.5 Å². The summed E-state index contributed by atoms with van der Waals surface area (Å²) in [6.45, 7) is 0.419. The zero-order valence-electron chi connectivity index (χ0n) is 18.1. The number of thiazole rings is 1. The van der Waals surface area contributed by atoms with Gasteiger partial charge < -0.3 is 11.1 Å². The number of unbranched alkanes of at least 4 members (excludes halogenated alkanes) is 2. The van der Waals surface area contributed by atoms with Crippen molar-refractivity contribution in [3.8, 4) is 0 Å². The summed E-state index contributed by atoms with van der Waals surface area (Å²) in [4.78, 5) is 45.5. The topological polar surface area (TPSA) is 120 Å². The van der Waals surface area contributed by atoms with Crippen molar-refractivity contribution in [2.24, 2.45) is 5.73 Å². The Hall–Kier alpha value is -3.31.